The smallest absolute Gasteiger partial charge is 0.0113 e. The Morgan fingerprint density at radius 1 is 1.11 bits per heavy atom. The predicted molar refractivity (Wildman–Crippen MR) is 81.5 cm³/mol. The summed E-state index contributed by atoms with van der Waals surface area (Å²) < 4.78 is 0. The van der Waals surface area contributed by atoms with Crippen LogP contribution in [-0.2, 0) is 0 Å². The van der Waals surface area contributed by atoms with E-state index in [4.69, 9.17) is 0 Å². The molecule has 2 heterocycles. The molecule has 2 aliphatic rings. The zero-order chi connectivity index (χ0) is 12.8. The lowest BCUT2D eigenvalue weighted by molar-refractivity contribution is 0.151. The second-order valence-corrected chi connectivity index (χ2v) is 7.26. The van der Waals surface area contributed by atoms with Gasteiger partial charge in [0.1, 0.15) is 0 Å². The quantitative estimate of drug-likeness (QED) is 0.816. The minimum Gasteiger partial charge on any atom is -0.317 e. The summed E-state index contributed by atoms with van der Waals surface area (Å²) in [6, 6.07) is 0.818. The molecule has 0 aromatic heterocycles. The van der Waals surface area contributed by atoms with E-state index in [-0.39, 0.29) is 0 Å². The van der Waals surface area contributed by atoms with E-state index >= 15 is 0 Å². The van der Waals surface area contributed by atoms with E-state index in [9.17, 15) is 0 Å². The molecule has 3 nitrogen and oxygen atoms in total. The highest BCUT2D eigenvalue weighted by atomic mass is 32.2. The van der Waals surface area contributed by atoms with Crippen molar-refractivity contribution in [2.75, 3.05) is 52.6 Å². The van der Waals surface area contributed by atoms with E-state index in [1.54, 1.807) is 0 Å². The molecule has 2 aliphatic heterocycles. The average molecular weight is 271 g/mol. The molecule has 0 saturated carbocycles. The van der Waals surface area contributed by atoms with Crippen molar-refractivity contribution in [1.82, 2.24) is 15.1 Å². The fourth-order valence-electron chi connectivity index (χ4n) is 2.97. The lowest BCUT2D eigenvalue weighted by atomic mass is 10.0. The fourth-order valence-corrected chi connectivity index (χ4v) is 4.24. The van der Waals surface area contributed by atoms with Gasteiger partial charge in [0.15, 0.2) is 0 Å². The summed E-state index contributed by atoms with van der Waals surface area (Å²) in [5, 5.41) is 4.36. The number of piperidine rings is 2. The maximum Gasteiger partial charge on any atom is 0.0113 e. The van der Waals surface area contributed by atoms with Crippen LogP contribution in [0.1, 0.15) is 25.7 Å². The van der Waals surface area contributed by atoms with Crippen LogP contribution in [0.2, 0.25) is 0 Å². The number of hydrogen-bond acceptors (Lipinski definition) is 4. The highest BCUT2D eigenvalue weighted by molar-refractivity contribution is 7.99. The van der Waals surface area contributed by atoms with E-state index in [1.807, 2.05) is 0 Å². The van der Waals surface area contributed by atoms with Crippen molar-refractivity contribution in [2.45, 2.75) is 37.0 Å². The topological polar surface area (TPSA) is 18.5 Å². The van der Waals surface area contributed by atoms with Crippen LogP contribution < -0.4 is 5.32 Å². The highest BCUT2D eigenvalue weighted by Crippen LogP contribution is 2.21. The molecule has 4 heteroatoms. The maximum atomic E-state index is 3.44. The van der Waals surface area contributed by atoms with Gasteiger partial charge in [-0.2, -0.15) is 11.8 Å². The molecule has 0 spiro atoms. The normalized spacial score (nSPS) is 24.8. The van der Waals surface area contributed by atoms with E-state index in [0.717, 1.165) is 11.3 Å². The Bertz CT molecular complexity index is 221. The Morgan fingerprint density at radius 3 is 2.39 bits per heavy atom. The molecular formula is C14H29N3S. The Kier molecular flexibility index (Phi) is 6.29. The standard InChI is InChI=1S/C14H29N3S/c1-16(2)13-5-9-17(10-6-13)11-12-18-14-3-7-15-8-4-14/h13-15H,3-12H2,1-2H3. The Hall–Kier alpha value is 0.230. The third kappa shape index (κ3) is 4.72. The number of likely N-dealkylation sites (tertiary alicyclic amines) is 1. The van der Waals surface area contributed by atoms with Gasteiger partial charge in [-0.1, -0.05) is 0 Å². The molecule has 1 N–H and O–H groups in total. The first-order chi connectivity index (χ1) is 8.75. The fraction of sp³-hybridized carbons (Fsp3) is 1.00. The summed E-state index contributed by atoms with van der Waals surface area (Å²) in [5.74, 6) is 1.33. The van der Waals surface area contributed by atoms with E-state index in [0.29, 0.717) is 0 Å². The van der Waals surface area contributed by atoms with Crippen molar-refractivity contribution < 1.29 is 0 Å². The van der Waals surface area contributed by atoms with Crippen LogP contribution in [0, 0.1) is 0 Å². The van der Waals surface area contributed by atoms with Gasteiger partial charge in [-0.05, 0) is 66.0 Å². The number of nitrogens with one attached hydrogen (secondary N) is 1. The summed E-state index contributed by atoms with van der Waals surface area (Å²) >= 11 is 2.21. The molecule has 2 rings (SSSR count). The first kappa shape index (κ1) is 14.6. The highest BCUT2D eigenvalue weighted by Gasteiger charge is 2.20. The van der Waals surface area contributed by atoms with Crippen molar-refractivity contribution in [3.05, 3.63) is 0 Å². The molecule has 0 atom stereocenters. The summed E-state index contributed by atoms with van der Waals surface area (Å²) in [4.78, 5) is 5.05. The van der Waals surface area contributed by atoms with Gasteiger partial charge in [0, 0.05) is 23.6 Å². The van der Waals surface area contributed by atoms with Crippen LogP contribution in [0.15, 0.2) is 0 Å². The third-order valence-corrected chi connectivity index (χ3v) is 5.70. The number of rotatable bonds is 5. The van der Waals surface area contributed by atoms with Gasteiger partial charge in [-0.3, -0.25) is 0 Å². The summed E-state index contributed by atoms with van der Waals surface area (Å²) in [5.41, 5.74) is 0. The minimum atomic E-state index is 0.818. The second kappa shape index (κ2) is 7.73. The molecule has 0 radical (unpaired) electrons. The molecule has 18 heavy (non-hydrogen) atoms. The summed E-state index contributed by atoms with van der Waals surface area (Å²) in [6.45, 7) is 6.36. The summed E-state index contributed by atoms with van der Waals surface area (Å²) in [6.07, 6.45) is 5.44. The van der Waals surface area contributed by atoms with Gasteiger partial charge in [0.05, 0.1) is 0 Å². The zero-order valence-electron chi connectivity index (χ0n) is 12.0. The van der Waals surface area contributed by atoms with Crippen molar-refractivity contribution in [3.63, 3.8) is 0 Å². The van der Waals surface area contributed by atoms with Gasteiger partial charge < -0.3 is 15.1 Å². The number of thioether (sulfide) groups is 1. The first-order valence-electron chi connectivity index (χ1n) is 7.47. The monoisotopic (exact) mass is 271 g/mol. The molecular weight excluding hydrogens is 242 g/mol. The molecule has 0 aliphatic carbocycles. The molecule has 0 aromatic rings. The van der Waals surface area contributed by atoms with E-state index in [2.05, 4.69) is 41.0 Å². The van der Waals surface area contributed by atoms with Gasteiger partial charge >= 0.3 is 0 Å². The van der Waals surface area contributed by atoms with Crippen LogP contribution in [0.5, 0.6) is 0 Å². The molecule has 106 valence electrons. The Labute approximate surface area is 117 Å². The van der Waals surface area contributed by atoms with Crippen LogP contribution in [0.25, 0.3) is 0 Å². The number of hydrogen-bond donors (Lipinski definition) is 1. The molecule has 0 amide bonds. The molecule has 0 unspecified atom stereocenters. The molecule has 2 saturated heterocycles. The predicted octanol–water partition coefficient (Wildman–Crippen LogP) is 1.50. The Morgan fingerprint density at radius 2 is 1.78 bits per heavy atom. The lowest BCUT2D eigenvalue weighted by Gasteiger charge is -2.35. The van der Waals surface area contributed by atoms with Gasteiger partial charge in [-0.25, -0.2) is 0 Å². The van der Waals surface area contributed by atoms with E-state index < -0.39 is 0 Å². The van der Waals surface area contributed by atoms with Gasteiger partial charge in [0.2, 0.25) is 0 Å². The van der Waals surface area contributed by atoms with Crippen LogP contribution in [0.3, 0.4) is 0 Å². The number of nitrogens with zero attached hydrogens (tertiary/aromatic N) is 2. The third-order valence-electron chi connectivity index (χ3n) is 4.33. The molecule has 2 fully saturated rings. The maximum absolute atomic E-state index is 3.44. The summed E-state index contributed by atoms with van der Waals surface area (Å²) in [7, 11) is 4.43. The molecule has 0 aromatic carbocycles. The van der Waals surface area contributed by atoms with Crippen molar-refractivity contribution in [1.29, 1.82) is 0 Å². The lowest BCUT2D eigenvalue weighted by Crippen LogP contribution is -2.42. The molecule has 0 bridgehead atoms. The largest absolute Gasteiger partial charge is 0.317 e. The van der Waals surface area contributed by atoms with Gasteiger partial charge in [-0.15, -0.1) is 0 Å². The van der Waals surface area contributed by atoms with Crippen LogP contribution in [0.4, 0.5) is 0 Å². The Balaban J connectivity index is 1.55. The van der Waals surface area contributed by atoms with Crippen molar-refractivity contribution >= 4 is 11.8 Å². The average Bonchev–Trinajstić information content (AvgIpc) is 2.40. The second-order valence-electron chi connectivity index (χ2n) is 5.86. The van der Waals surface area contributed by atoms with Crippen molar-refractivity contribution in [3.8, 4) is 0 Å². The van der Waals surface area contributed by atoms with Gasteiger partial charge in [0.25, 0.3) is 0 Å². The van der Waals surface area contributed by atoms with Crippen LogP contribution >= 0.6 is 11.8 Å². The van der Waals surface area contributed by atoms with Crippen LogP contribution in [-0.4, -0.2) is 73.7 Å². The van der Waals surface area contributed by atoms with Crippen molar-refractivity contribution in [2.24, 2.45) is 0 Å². The SMILES string of the molecule is CN(C)C1CCN(CCSC2CCNCC2)CC1. The first-order valence-corrected chi connectivity index (χ1v) is 8.51. The van der Waals surface area contributed by atoms with E-state index in [1.165, 1.54) is 64.2 Å². The zero-order valence-corrected chi connectivity index (χ0v) is 12.8. The minimum absolute atomic E-state index is 0.818.